The van der Waals surface area contributed by atoms with Crippen LogP contribution in [0, 0.1) is 5.82 Å². The van der Waals surface area contributed by atoms with Gasteiger partial charge in [0.15, 0.2) is 16.6 Å². The van der Waals surface area contributed by atoms with Crippen LogP contribution in [0.5, 0.6) is 17.2 Å². The number of hydrogen-bond acceptors (Lipinski definition) is 7. The van der Waals surface area contributed by atoms with E-state index in [0.717, 1.165) is 0 Å². The summed E-state index contributed by atoms with van der Waals surface area (Å²) in [6, 6.07) is 14.8. The van der Waals surface area contributed by atoms with Gasteiger partial charge in [-0.15, -0.1) is 0 Å². The molecule has 3 heterocycles. The number of rotatable bonds is 6. The summed E-state index contributed by atoms with van der Waals surface area (Å²) in [7, 11) is 0. The Hall–Kier alpha value is -3.23. The monoisotopic (exact) mass is 456 g/mol. The van der Waals surface area contributed by atoms with Gasteiger partial charge in [0, 0.05) is 17.8 Å². The first-order chi connectivity index (χ1) is 15.1. The van der Waals surface area contributed by atoms with Crippen molar-refractivity contribution in [3.05, 3.63) is 77.3 Å². The molecule has 0 unspecified atom stereocenters. The van der Waals surface area contributed by atoms with Gasteiger partial charge in [0.05, 0.1) is 5.02 Å². The molecule has 9 heteroatoms. The SMILES string of the molecule is Fc1ccc(-c2nc(COc3ccc4c(c3)OCO4)c(Sc3ccc(Cl)cn3)o2)cc1. The van der Waals surface area contributed by atoms with Crippen molar-refractivity contribution in [1.82, 2.24) is 9.97 Å². The molecule has 0 bridgehead atoms. The lowest BCUT2D eigenvalue weighted by atomic mass is 10.2. The Kier molecular flexibility index (Phi) is 5.40. The Labute approximate surface area is 185 Å². The average molecular weight is 457 g/mol. The lowest BCUT2D eigenvalue weighted by Gasteiger charge is -2.06. The summed E-state index contributed by atoms with van der Waals surface area (Å²) < 4.78 is 35.9. The minimum Gasteiger partial charge on any atom is -0.487 e. The average Bonchev–Trinajstić information content (AvgIpc) is 3.41. The Balaban J connectivity index is 1.42. The molecule has 0 radical (unpaired) electrons. The van der Waals surface area contributed by atoms with Gasteiger partial charge in [0.1, 0.15) is 28.9 Å². The number of ether oxygens (including phenoxy) is 3. The van der Waals surface area contributed by atoms with Gasteiger partial charge in [-0.05, 0) is 60.3 Å². The van der Waals surface area contributed by atoms with Crippen molar-refractivity contribution in [2.45, 2.75) is 16.7 Å². The molecule has 0 spiro atoms. The van der Waals surface area contributed by atoms with E-state index in [4.69, 9.17) is 30.2 Å². The largest absolute Gasteiger partial charge is 0.487 e. The molecule has 6 nitrogen and oxygen atoms in total. The molecule has 4 aromatic rings. The summed E-state index contributed by atoms with van der Waals surface area (Å²) in [4.78, 5) is 8.85. The third kappa shape index (κ3) is 4.45. The molecule has 31 heavy (non-hydrogen) atoms. The Morgan fingerprint density at radius 1 is 1.03 bits per heavy atom. The number of benzene rings is 2. The van der Waals surface area contributed by atoms with Crippen molar-refractivity contribution in [3.8, 4) is 28.7 Å². The molecule has 5 rings (SSSR count). The van der Waals surface area contributed by atoms with Crippen molar-refractivity contribution in [1.29, 1.82) is 0 Å². The molecule has 0 aliphatic carbocycles. The van der Waals surface area contributed by atoms with Crippen LogP contribution in [0.25, 0.3) is 11.5 Å². The highest BCUT2D eigenvalue weighted by molar-refractivity contribution is 7.99. The molecule has 156 valence electrons. The molecule has 2 aromatic carbocycles. The van der Waals surface area contributed by atoms with Gasteiger partial charge in [-0.3, -0.25) is 0 Å². The quantitative estimate of drug-likeness (QED) is 0.353. The first-order valence-electron chi connectivity index (χ1n) is 9.21. The van der Waals surface area contributed by atoms with Crippen LogP contribution in [0.3, 0.4) is 0 Å². The highest BCUT2D eigenvalue weighted by Crippen LogP contribution is 2.37. The molecule has 0 amide bonds. The summed E-state index contributed by atoms with van der Waals surface area (Å²) in [5.41, 5.74) is 1.24. The number of halogens is 2. The van der Waals surface area contributed by atoms with Crippen molar-refractivity contribution in [2.24, 2.45) is 0 Å². The molecule has 0 atom stereocenters. The van der Waals surface area contributed by atoms with E-state index < -0.39 is 0 Å². The van der Waals surface area contributed by atoms with Gasteiger partial charge in [-0.25, -0.2) is 14.4 Å². The van der Waals surface area contributed by atoms with Gasteiger partial charge in [0.2, 0.25) is 12.7 Å². The van der Waals surface area contributed by atoms with Crippen molar-refractivity contribution >= 4 is 23.4 Å². The van der Waals surface area contributed by atoms with Crippen LogP contribution < -0.4 is 14.2 Å². The van der Waals surface area contributed by atoms with Crippen molar-refractivity contribution < 1.29 is 23.0 Å². The highest BCUT2D eigenvalue weighted by Gasteiger charge is 2.19. The smallest absolute Gasteiger partial charge is 0.231 e. The second-order valence-electron chi connectivity index (χ2n) is 6.48. The van der Waals surface area contributed by atoms with Gasteiger partial charge in [-0.1, -0.05) is 11.6 Å². The van der Waals surface area contributed by atoms with E-state index in [1.165, 1.54) is 23.9 Å². The van der Waals surface area contributed by atoms with E-state index in [-0.39, 0.29) is 19.2 Å². The second-order valence-corrected chi connectivity index (χ2v) is 7.91. The third-order valence-electron chi connectivity index (χ3n) is 4.37. The van der Waals surface area contributed by atoms with Crippen LogP contribution in [-0.4, -0.2) is 16.8 Å². The molecule has 0 saturated heterocycles. The van der Waals surface area contributed by atoms with Crippen LogP contribution in [-0.2, 0) is 6.61 Å². The zero-order chi connectivity index (χ0) is 21.2. The molecule has 1 aliphatic rings. The molecule has 2 aromatic heterocycles. The Morgan fingerprint density at radius 3 is 2.68 bits per heavy atom. The summed E-state index contributed by atoms with van der Waals surface area (Å²) in [6.45, 7) is 0.345. The lowest BCUT2D eigenvalue weighted by Crippen LogP contribution is -1.97. The van der Waals surface area contributed by atoms with E-state index in [1.807, 2.05) is 0 Å². The molecule has 0 fully saturated rings. The molecule has 0 N–H and O–H groups in total. The Morgan fingerprint density at radius 2 is 1.87 bits per heavy atom. The van der Waals surface area contributed by atoms with Crippen LogP contribution in [0.2, 0.25) is 5.02 Å². The fourth-order valence-electron chi connectivity index (χ4n) is 2.86. The standard InChI is InChI=1S/C22H14ClFN2O4S/c23-14-3-8-20(25-10-14)31-22-17(26-21(30-22)13-1-4-15(24)5-2-13)11-27-16-6-7-18-19(9-16)29-12-28-18/h1-10H,11-12H2. The van der Waals surface area contributed by atoms with E-state index in [9.17, 15) is 4.39 Å². The number of hydrogen-bond donors (Lipinski definition) is 0. The Bertz CT molecular complexity index is 1220. The van der Waals surface area contributed by atoms with Crippen LogP contribution in [0.1, 0.15) is 5.69 Å². The van der Waals surface area contributed by atoms with E-state index >= 15 is 0 Å². The summed E-state index contributed by atoms with van der Waals surface area (Å²) in [5.74, 6) is 1.94. The molecular weight excluding hydrogens is 443 g/mol. The second kappa shape index (κ2) is 8.49. The maximum absolute atomic E-state index is 13.3. The molecular formula is C22H14ClFN2O4S. The normalized spacial score (nSPS) is 12.2. The maximum atomic E-state index is 13.3. The fraction of sp³-hybridized carbons (Fsp3) is 0.0909. The van der Waals surface area contributed by atoms with E-state index in [2.05, 4.69) is 9.97 Å². The molecule has 1 aliphatic heterocycles. The lowest BCUT2D eigenvalue weighted by molar-refractivity contribution is 0.173. The van der Waals surface area contributed by atoms with Crippen molar-refractivity contribution in [2.75, 3.05) is 6.79 Å². The topological polar surface area (TPSA) is 66.6 Å². The minimum atomic E-state index is -0.332. The first-order valence-corrected chi connectivity index (χ1v) is 10.4. The predicted molar refractivity (Wildman–Crippen MR) is 112 cm³/mol. The predicted octanol–water partition coefficient (Wildman–Crippen LogP) is 5.99. The highest BCUT2D eigenvalue weighted by atomic mass is 35.5. The zero-order valence-electron chi connectivity index (χ0n) is 15.9. The summed E-state index contributed by atoms with van der Waals surface area (Å²) in [6.07, 6.45) is 1.56. The van der Waals surface area contributed by atoms with Crippen LogP contribution in [0.4, 0.5) is 4.39 Å². The zero-order valence-corrected chi connectivity index (χ0v) is 17.5. The summed E-state index contributed by atoms with van der Waals surface area (Å²) in [5, 5.41) is 1.76. The number of fused-ring (bicyclic) bond motifs is 1. The van der Waals surface area contributed by atoms with Gasteiger partial charge in [-0.2, -0.15) is 0 Å². The maximum Gasteiger partial charge on any atom is 0.231 e. The van der Waals surface area contributed by atoms with E-state index in [0.29, 0.717) is 49.5 Å². The number of aromatic nitrogens is 2. The van der Waals surface area contributed by atoms with Crippen LogP contribution >= 0.6 is 23.4 Å². The third-order valence-corrected chi connectivity index (χ3v) is 5.55. The van der Waals surface area contributed by atoms with Gasteiger partial charge in [0.25, 0.3) is 0 Å². The van der Waals surface area contributed by atoms with E-state index in [1.54, 1.807) is 48.7 Å². The van der Waals surface area contributed by atoms with Gasteiger partial charge < -0.3 is 18.6 Å². The number of nitrogens with zero attached hydrogens (tertiary/aromatic N) is 2. The number of oxazole rings is 1. The fourth-order valence-corrected chi connectivity index (χ4v) is 3.75. The van der Waals surface area contributed by atoms with Gasteiger partial charge >= 0.3 is 0 Å². The van der Waals surface area contributed by atoms with Crippen LogP contribution in [0.15, 0.2) is 75.3 Å². The van der Waals surface area contributed by atoms with Crippen molar-refractivity contribution in [3.63, 3.8) is 0 Å². The number of pyridine rings is 1. The molecule has 0 saturated carbocycles. The first kappa shape index (κ1) is 19.7. The minimum absolute atomic E-state index is 0.153. The summed E-state index contributed by atoms with van der Waals surface area (Å²) >= 11 is 7.22.